The summed E-state index contributed by atoms with van der Waals surface area (Å²) in [7, 11) is 0. The number of hydrogen-bond acceptors (Lipinski definition) is 3. The van der Waals surface area contributed by atoms with Crippen LogP contribution in [-0.4, -0.2) is 37.2 Å². The van der Waals surface area contributed by atoms with Gasteiger partial charge in [-0.05, 0) is 48.2 Å². The van der Waals surface area contributed by atoms with Crippen LogP contribution in [0.2, 0.25) is 0 Å². The van der Waals surface area contributed by atoms with Crippen LogP contribution < -0.4 is 5.73 Å². The molecule has 1 atom stereocenters. The molecule has 0 saturated carbocycles. The van der Waals surface area contributed by atoms with Crippen LogP contribution >= 0.6 is 0 Å². The van der Waals surface area contributed by atoms with E-state index in [2.05, 4.69) is 60.4 Å². The monoisotopic (exact) mass is 310 g/mol. The van der Waals surface area contributed by atoms with Crippen molar-refractivity contribution < 1.29 is 4.74 Å². The normalized spacial score (nSPS) is 19.0. The van der Waals surface area contributed by atoms with Gasteiger partial charge in [0.25, 0.3) is 0 Å². The van der Waals surface area contributed by atoms with E-state index in [4.69, 9.17) is 10.5 Å². The summed E-state index contributed by atoms with van der Waals surface area (Å²) in [5, 5.41) is 0. The van der Waals surface area contributed by atoms with Gasteiger partial charge < -0.3 is 10.5 Å². The Labute approximate surface area is 139 Å². The van der Waals surface area contributed by atoms with E-state index in [-0.39, 0.29) is 6.10 Å². The standard InChI is InChI=1S/C20H26N2O/c1-16-5-2-3-8-20(16)18-7-4-6-17(13-18)14-22-11-12-23-19(15-22)9-10-21/h2-8,13,19H,9-12,14-15,21H2,1H3. The molecule has 1 saturated heterocycles. The first-order valence-electron chi connectivity index (χ1n) is 8.45. The number of rotatable bonds is 5. The molecule has 1 aliphatic rings. The molecule has 2 N–H and O–H groups in total. The van der Waals surface area contributed by atoms with Gasteiger partial charge in [0.05, 0.1) is 12.7 Å². The summed E-state index contributed by atoms with van der Waals surface area (Å²) in [6, 6.07) is 17.5. The fraction of sp³-hybridized carbons (Fsp3) is 0.400. The zero-order valence-corrected chi connectivity index (χ0v) is 13.9. The second-order valence-corrected chi connectivity index (χ2v) is 6.32. The Balaban J connectivity index is 1.72. The molecule has 0 spiro atoms. The van der Waals surface area contributed by atoms with E-state index in [1.165, 1.54) is 22.3 Å². The van der Waals surface area contributed by atoms with Crippen molar-refractivity contribution in [2.24, 2.45) is 5.73 Å². The summed E-state index contributed by atoms with van der Waals surface area (Å²) in [5.41, 5.74) is 11.0. The Morgan fingerprint density at radius 1 is 1.17 bits per heavy atom. The Morgan fingerprint density at radius 2 is 2.04 bits per heavy atom. The molecule has 23 heavy (non-hydrogen) atoms. The van der Waals surface area contributed by atoms with E-state index in [0.717, 1.165) is 32.7 Å². The van der Waals surface area contributed by atoms with E-state index in [0.29, 0.717) is 6.54 Å². The zero-order chi connectivity index (χ0) is 16.1. The van der Waals surface area contributed by atoms with Gasteiger partial charge in [-0.2, -0.15) is 0 Å². The van der Waals surface area contributed by atoms with Crippen LogP contribution in [0.3, 0.4) is 0 Å². The quantitative estimate of drug-likeness (QED) is 0.921. The van der Waals surface area contributed by atoms with Crippen LogP contribution in [0, 0.1) is 6.92 Å². The largest absolute Gasteiger partial charge is 0.376 e. The van der Waals surface area contributed by atoms with Crippen LogP contribution in [0.4, 0.5) is 0 Å². The first-order valence-corrected chi connectivity index (χ1v) is 8.45. The highest BCUT2D eigenvalue weighted by Crippen LogP contribution is 2.24. The molecular formula is C20H26N2O. The third kappa shape index (κ3) is 4.20. The van der Waals surface area contributed by atoms with Gasteiger partial charge in [0.2, 0.25) is 0 Å². The van der Waals surface area contributed by atoms with Crippen LogP contribution in [-0.2, 0) is 11.3 Å². The average Bonchev–Trinajstić information content (AvgIpc) is 2.56. The molecular weight excluding hydrogens is 284 g/mol. The van der Waals surface area contributed by atoms with Gasteiger partial charge in [-0.3, -0.25) is 4.90 Å². The summed E-state index contributed by atoms with van der Waals surface area (Å²) >= 11 is 0. The van der Waals surface area contributed by atoms with Gasteiger partial charge in [-0.1, -0.05) is 42.5 Å². The fourth-order valence-corrected chi connectivity index (χ4v) is 3.28. The number of morpholine rings is 1. The Kier molecular flexibility index (Phi) is 5.44. The molecule has 0 aromatic heterocycles. The predicted octanol–water partition coefficient (Wildman–Crippen LogP) is 3.21. The van der Waals surface area contributed by atoms with Crippen molar-refractivity contribution in [3.63, 3.8) is 0 Å². The molecule has 122 valence electrons. The lowest BCUT2D eigenvalue weighted by Crippen LogP contribution is -2.42. The Bertz CT molecular complexity index is 639. The zero-order valence-electron chi connectivity index (χ0n) is 13.9. The second kappa shape index (κ2) is 7.73. The van der Waals surface area contributed by atoms with Crippen LogP contribution in [0.5, 0.6) is 0 Å². The van der Waals surface area contributed by atoms with Crippen molar-refractivity contribution >= 4 is 0 Å². The van der Waals surface area contributed by atoms with Gasteiger partial charge in [0.1, 0.15) is 0 Å². The van der Waals surface area contributed by atoms with Crippen LogP contribution in [0.15, 0.2) is 48.5 Å². The summed E-state index contributed by atoms with van der Waals surface area (Å²) < 4.78 is 5.77. The molecule has 0 radical (unpaired) electrons. The third-order valence-electron chi connectivity index (χ3n) is 4.50. The SMILES string of the molecule is Cc1ccccc1-c1cccc(CN2CCOC(CCN)C2)c1. The molecule has 1 aliphatic heterocycles. The van der Waals surface area contributed by atoms with Gasteiger partial charge >= 0.3 is 0 Å². The summed E-state index contributed by atoms with van der Waals surface area (Å²) in [5.74, 6) is 0. The molecule has 2 aromatic rings. The van der Waals surface area contributed by atoms with Crippen molar-refractivity contribution in [3.05, 3.63) is 59.7 Å². The number of hydrogen-bond donors (Lipinski definition) is 1. The number of benzene rings is 2. The Hall–Kier alpha value is -1.68. The fourth-order valence-electron chi connectivity index (χ4n) is 3.28. The smallest absolute Gasteiger partial charge is 0.0714 e. The molecule has 3 heteroatoms. The summed E-state index contributed by atoms with van der Waals surface area (Å²) in [6.07, 6.45) is 1.23. The average molecular weight is 310 g/mol. The van der Waals surface area contributed by atoms with Gasteiger partial charge in [0.15, 0.2) is 0 Å². The van der Waals surface area contributed by atoms with Crippen molar-refractivity contribution in [1.82, 2.24) is 4.90 Å². The molecule has 0 bridgehead atoms. The van der Waals surface area contributed by atoms with Gasteiger partial charge in [-0.25, -0.2) is 0 Å². The van der Waals surface area contributed by atoms with Gasteiger partial charge in [-0.15, -0.1) is 0 Å². The maximum Gasteiger partial charge on any atom is 0.0714 e. The maximum atomic E-state index is 5.77. The minimum atomic E-state index is 0.285. The van der Waals surface area contributed by atoms with Crippen LogP contribution in [0.25, 0.3) is 11.1 Å². The topological polar surface area (TPSA) is 38.5 Å². The van der Waals surface area contributed by atoms with E-state index in [1.54, 1.807) is 0 Å². The van der Waals surface area contributed by atoms with E-state index < -0.39 is 0 Å². The van der Waals surface area contributed by atoms with Crippen molar-refractivity contribution in [2.75, 3.05) is 26.2 Å². The first kappa shape index (κ1) is 16.2. The first-order chi connectivity index (χ1) is 11.3. The van der Waals surface area contributed by atoms with E-state index >= 15 is 0 Å². The lowest BCUT2D eigenvalue weighted by molar-refractivity contribution is -0.0335. The number of nitrogens with two attached hydrogens (primary N) is 1. The molecule has 1 fully saturated rings. The molecule has 2 aromatic carbocycles. The van der Waals surface area contributed by atoms with Crippen molar-refractivity contribution in [2.45, 2.75) is 26.0 Å². The minimum absolute atomic E-state index is 0.285. The molecule has 1 unspecified atom stereocenters. The molecule has 3 rings (SSSR count). The number of ether oxygens (including phenoxy) is 1. The number of aryl methyl sites for hydroxylation is 1. The minimum Gasteiger partial charge on any atom is -0.376 e. The van der Waals surface area contributed by atoms with E-state index in [9.17, 15) is 0 Å². The Morgan fingerprint density at radius 3 is 2.87 bits per heavy atom. The summed E-state index contributed by atoms with van der Waals surface area (Å²) in [4.78, 5) is 2.47. The highest BCUT2D eigenvalue weighted by atomic mass is 16.5. The van der Waals surface area contributed by atoms with Crippen molar-refractivity contribution in [3.8, 4) is 11.1 Å². The van der Waals surface area contributed by atoms with Gasteiger partial charge in [0, 0.05) is 19.6 Å². The lowest BCUT2D eigenvalue weighted by atomic mass is 9.99. The highest BCUT2D eigenvalue weighted by molar-refractivity contribution is 5.67. The van der Waals surface area contributed by atoms with Crippen LogP contribution in [0.1, 0.15) is 17.5 Å². The lowest BCUT2D eigenvalue weighted by Gasteiger charge is -2.32. The summed E-state index contributed by atoms with van der Waals surface area (Å²) in [6.45, 7) is 6.62. The second-order valence-electron chi connectivity index (χ2n) is 6.32. The number of nitrogens with zero attached hydrogens (tertiary/aromatic N) is 1. The van der Waals surface area contributed by atoms with E-state index in [1.807, 2.05) is 0 Å². The maximum absolute atomic E-state index is 5.77. The molecule has 0 aliphatic carbocycles. The molecule has 3 nitrogen and oxygen atoms in total. The molecule has 1 heterocycles. The van der Waals surface area contributed by atoms with Crippen molar-refractivity contribution in [1.29, 1.82) is 0 Å². The molecule has 0 amide bonds. The third-order valence-corrected chi connectivity index (χ3v) is 4.50. The predicted molar refractivity (Wildman–Crippen MR) is 95.3 cm³/mol. The highest BCUT2D eigenvalue weighted by Gasteiger charge is 2.19.